The summed E-state index contributed by atoms with van der Waals surface area (Å²) in [4.78, 5) is 0. The highest BCUT2D eigenvalue weighted by Crippen LogP contribution is 2.33. The molecule has 1 aromatic rings. The van der Waals surface area contributed by atoms with E-state index in [0.717, 1.165) is 30.1 Å². The van der Waals surface area contributed by atoms with Gasteiger partial charge in [-0.25, -0.2) is 0 Å². The van der Waals surface area contributed by atoms with Crippen molar-refractivity contribution >= 4 is 19.6 Å². The summed E-state index contributed by atoms with van der Waals surface area (Å²) in [7, 11) is 0. The van der Waals surface area contributed by atoms with Crippen LogP contribution in [0.25, 0.3) is 0 Å². The average molecular weight is 338 g/mol. The van der Waals surface area contributed by atoms with Crippen LogP contribution in [0.3, 0.4) is 0 Å². The first kappa shape index (κ1) is 20.2. The summed E-state index contributed by atoms with van der Waals surface area (Å²) in [6.07, 6.45) is 8.32. The van der Waals surface area contributed by atoms with Gasteiger partial charge < -0.3 is 14.0 Å². The summed E-state index contributed by atoms with van der Waals surface area (Å²) < 4.78 is 23.0. The smallest absolute Gasteiger partial charge is 0.231 e. The first-order valence-corrected chi connectivity index (χ1v) is 9.84. The van der Waals surface area contributed by atoms with Gasteiger partial charge in [-0.05, 0) is 37.5 Å². The maximum atomic E-state index is 12.3. The van der Waals surface area contributed by atoms with Crippen molar-refractivity contribution in [1.29, 1.82) is 0 Å². The summed E-state index contributed by atoms with van der Waals surface area (Å²) in [6, 6.07) is 6.01. The molecular weight excluding hydrogens is 307 g/mol. The lowest BCUT2D eigenvalue weighted by Crippen LogP contribution is -2.23. The van der Waals surface area contributed by atoms with Crippen molar-refractivity contribution in [3.63, 3.8) is 0 Å². The summed E-state index contributed by atoms with van der Waals surface area (Å²) >= 11 is -0.743. The molecule has 0 aromatic heterocycles. The topological polar surface area (TPSA) is 41.5 Å². The van der Waals surface area contributed by atoms with Gasteiger partial charge in [-0.15, -0.1) is 0 Å². The molecule has 0 spiro atoms. The molecule has 1 heterocycles. The van der Waals surface area contributed by atoms with E-state index < -0.39 is 11.2 Å². The summed E-state index contributed by atoms with van der Waals surface area (Å²) in [5, 5.41) is 0.191. The SMILES string of the molecule is B.CCCCCCCC[S+]([O-])C(C)Cc1ccc2c(c1)OCO2. The van der Waals surface area contributed by atoms with Gasteiger partial charge in [-0.2, -0.15) is 0 Å². The van der Waals surface area contributed by atoms with Crippen molar-refractivity contribution < 1.29 is 14.0 Å². The minimum atomic E-state index is -0.743. The first-order valence-electron chi connectivity index (χ1n) is 8.46. The van der Waals surface area contributed by atoms with Gasteiger partial charge in [0.1, 0.15) is 11.0 Å². The number of ether oxygens (including phenoxy) is 2. The Morgan fingerprint density at radius 1 is 1.09 bits per heavy atom. The second kappa shape index (κ2) is 10.9. The highest BCUT2D eigenvalue weighted by molar-refractivity contribution is 7.91. The van der Waals surface area contributed by atoms with Crippen LogP contribution in [0.1, 0.15) is 57.9 Å². The van der Waals surface area contributed by atoms with Crippen molar-refractivity contribution in [2.24, 2.45) is 0 Å². The lowest BCUT2D eigenvalue weighted by atomic mass is 10.1. The Kier molecular flexibility index (Phi) is 9.57. The minimum Gasteiger partial charge on any atom is -0.616 e. The van der Waals surface area contributed by atoms with Gasteiger partial charge in [0.25, 0.3) is 0 Å². The van der Waals surface area contributed by atoms with Gasteiger partial charge in [0, 0.05) is 6.42 Å². The molecule has 5 heteroatoms. The third kappa shape index (κ3) is 6.68. The lowest BCUT2D eigenvalue weighted by Gasteiger charge is -2.18. The summed E-state index contributed by atoms with van der Waals surface area (Å²) in [5.41, 5.74) is 1.17. The zero-order valence-electron chi connectivity index (χ0n) is 13.8. The van der Waals surface area contributed by atoms with Crippen LogP contribution < -0.4 is 9.47 Å². The molecule has 1 aliphatic heterocycles. The number of hydrogen-bond donors (Lipinski definition) is 0. The molecule has 3 nitrogen and oxygen atoms in total. The molecule has 0 N–H and O–H groups in total. The predicted octanol–water partition coefficient (Wildman–Crippen LogP) is 3.27. The molecule has 0 radical (unpaired) electrons. The van der Waals surface area contributed by atoms with E-state index >= 15 is 0 Å². The Labute approximate surface area is 145 Å². The molecule has 2 unspecified atom stereocenters. The zero-order chi connectivity index (χ0) is 15.8. The molecule has 0 fully saturated rings. The largest absolute Gasteiger partial charge is 0.616 e. The molecule has 130 valence electrons. The molecule has 0 saturated carbocycles. The molecule has 0 amide bonds. The van der Waals surface area contributed by atoms with Crippen LogP contribution >= 0.6 is 0 Å². The van der Waals surface area contributed by atoms with Crippen molar-refractivity contribution in [3.05, 3.63) is 23.8 Å². The minimum absolute atomic E-state index is 0. The van der Waals surface area contributed by atoms with Crippen LogP contribution in [0.15, 0.2) is 18.2 Å². The van der Waals surface area contributed by atoms with Crippen LogP contribution in [0.4, 0.5) is 0 Å². The predicted molar refractivity (Wildman–Crippen MR) is 102 cm³/mol. The maximum absolute atomic E-state index is 12.3. The number of unbranched alkanes of at least 4 members (excludes halogenated alkanes) is 5. The molecular formula is C18H31BO3S. The third-order valence-corrected chi connectivity index (χ3v) is 5.86. The number of benzene rings is 1. The van der Waals surface area contributed by atoms with Crippen LogP contribution in [0.2, 0.25) is 0 Å². The van der Waals surface area contributed by atoms with Crippen molar-refractivity contribution in [1.82, 2.24) is 0 Å². The van der Waals surface area contributed by atoms with Crippen LogP contribution in [-0.4, -0.2) is 30.8 Å². The van der Waals surface area contributed by atoms with Crippen molar-refractivity contribution in [2.45, 2.75) is 64.0 Å². The quantitative estimate of drug-likeness (QED) is 0.373. The molecule has 0 bridgehead atoms. The molecule has 2 rings (SSSR count). The average Bonchev–Trinajstić information content (AvgIpc) is 2.98. The van der Waals surface area contributed by atoms with Crippen LogP contribution in [-0.2, 0) is 17.6 Å². The van der Waals surface area contributed by atoms with E-state index in [9.17, 15) is 4.55 Å². The van der Waals surface area contributed by atoms with E-state index in [1.807, 2.05) is 18.2 Å². The first-order chi connectivity index (χ1) is 10.7. The Bertz CT molecular complexity index is 456. The second-order valence-electron chi connectivity index (χ2n) is 6.05. The fourth-order valence-corrected chi connectivity index (χ4v) is 3.99. The molecule has 0 aliphatic carbocycles. The molecule has 0 saturated heterocycles. The molecule has 23 heavy (non-hydrogen) atoms. The highest BCUT2D eigenvalue weighted by atomic mass is 32.2. The van der Waals surface area contributed by atoms with E-state index in [2.05, 4.69) is 13.8 Å². The van der Waals surface area contributed by atoms with Crippen molar-refractivity contribution in [2.75, 3.05) is 12.5 Å². The van der Waals surface area contributed by atoms with E-state index in [-0.39, 0.29) is 13.7 Å². The number of hydrogen-bond acceptors (Lipinski definition) is 3. The van der Waals surface area contributed by atoms with Crippen molar-refractivity contribution in [3.8, 4) is 11.5 Å². The van der Waals surface area contributed by atoms with Gasteiger partial charge in [-0.3, -0.25) is 0 Å². The summed E-state index contributed by atoms with van der Waals surface area (Å²) in [5.74, 6) is 2.45. The lowest BCUT2D eigenvalue weighted by molar-refractivity contribution is 0.174. The van der Waals surface area contributed by atoms with Gasteiger partial charge in [0.15, 0.2) is 11.5 Å². The third-order valence-electron chi connectivity index (χ3n) is 4.11. The van der Waals surface area contributed by atoms with E-state index in [1.54, 1.807) is 0 Å². The van der Waals surface area contributed by atoms with Gasteiger partial charge >= 0.3 is 0 Å². The standard InChI is InChI=1S/C18H28O3S.BH3/c1-3-4-5-6-7-8-11-22(19)15(2)12-16-9-10-17-18(13-16)21-14-20-17;/h9-10,13,15H,3-8,11-12,14H2,1-2H3;1H3. The fraction of sp³-hybridized carbons (Fsp3) is 0.667. The maximum Gasteiger partial charge on any atom is 0.231 e. The number of fused-ring (bicyclic) bond motifs is 1. The second-order valence-corrected chi connectivity index (χ2v) is 8.03. The summed E-state index contributed by atoms with van der Waals surface area (Å²) in [6.45, 7) is 4.61. The van der Waals surface area contributed by atoms with E-state index in [0.29, 0.717) is 6.79 Å². The fourth-order valence-electron chi connectivity index (χ4n) is 2.72. The Morgan fingerprint density at radius 2 is 1.78 bits per heavy atom. The monoisotopic (exact) mass is 338 g/mol. The number of rotatable bonds is 10. The molecule has 2 atom stereocenters. The van der Waals surface area contributed by atoms with Crippen LogP contribution in [0, 0.1) is 0 Å². The van der Waals surface area contributed by atoms with E-state index in [4.69, 9.17) is 9.47 Å². The van der Waals surface area contributed by atoms with Crippen LogP contribution in [0.5, 0.6) is 11.5 Å². The van der Waals surface area contributed by atoms with Gasteiger partial charge in [0.2, 0.25) is 6.79 Å². The highest BCUT2D eigenvalue weighted by Gasteiger charge is 2.19. The Morgan fingerprint density at radius 3 is 2.57 bits per heavy atom. The Balaban J connectivity index is 0.00000264. The molecule has 1 aromatic carbocycles. The molecule has 1 aliphatic rings. The van der Waals surface area contributed by atoms with Gasteiger partial charge in [-0.1, -0.05) is 49.8 Å². The van der Waals surface area contributed by atoms with Gasteiger partial charge in [0.05, 0.1) is 8.41 Å². The van der Waals surface area contributed by atoms with E-state index in [1.165, 1.54) is 37.7 Å². The zero-order valence-corrected chi connectivity index (χ0v) is 14.6. The Hall–Kier alpha value is -0.805. The normalized spacial score (nSPS) is 15.1.